The number of carbonyl (C=O) groups excluding carboxylic acids is 2. The molecule has 1 aromatic carbocycles. The van der Waals surface area contributed by atoms with Crippen LogP contribution < -0.4 is 4.90 Å². The normalized spacial score (nSPS) is 22.9. The summed E-state index contributed by atoms with van der Waals surface area (Å²) >= 11 is 9.43. The minimum atomic E-state index is -0.299. The molecular weight excluding hydrogens is 332 g/mol. The van der Waals surface area contributed by atoms with Crippen LogP contribution in [0.1, 0.15) is 12.8 Å². The molecule has 2 saturated heterocycles. The highest BCUT2D eigenvalue weighted by Gasteiger charge is 2.42. The molecule has 0 N–H and O–H groups in total. The molecule has 2 aliphatic heterocycles. The van der Waals surface area contributed by atoms with Crippen molar-refractivity contribution in [2.24, 2.45) is 0 Å². The lowest BCUT2D eigenvalue weighted by molar-refractivity contribution is -0.140. The molecule has 3 rings (SSSR count). The molecule has 1 atom stereocenters. The van der Waals surface area contributed by atoms with Gasteiger partial charge in [-0.25, -0.2) is 0 Å². The van der Waals surface area contributed by atoms with Gasteiger partial charge in [-0.2, -0.15) is 0 Å². The highest BCUT2D eigenvalue weighted by atomic mass is 79.9. The van der Waals surface area contributed by atoms with Crippen molar-refractivity contribution >= 4 is 45.0 Å². The molecule has 1 unspecified atom stereocenters. The lowest BCUT2D eigenvalue weighted by atomic mass is 10.1. The molecule has 19 heavy (non-hydrogen) atoms. The summed E-state index contributed by atoms with van der Waals surface area (Å²) in [6.07, 6.45) is 1.64. The molecule has 2 aliphatic rings. The van der Waals surface area contributed by atoms with Crippen molar-refractivity contribution in [3.8, 4) is 0 Å². The van der Waals surface area contributed by atoms with Crippen molar-refractivity contribution in [3.63, 3.8) is 0 Å². The summed E-state index contributed by atoms with van der Waals surface area (Å²) in [7, 11) is 0. The van der Waals surface area contributed by atoms with E-state index in [0.29, 0.717) is 21.7 Å². The van der Waals surface area contributed by atoms with Crippen LogP contribution in [0.15, 0.2) is 22.7 Å². The van der Waals surface area contributed by atoms with Crippen LogP contribution >= 0.6 is 27.5 Å². The first-order valence-electron chi connectivity index (χ1n) is 6.14. The summed E-state index contributed by atoms with van der Waals surface area (Å²) in [5.74, 6) is -0.00552. The minimum absolute atomic E-state index is 0.00831. The molecular formula is C13H12BrClN2O2. The Kier molecular flexibility index (Phi) is 3.27. The Morgan fingerprint density at radius 1 is 1.32 bits per heavy atom. The largest absolute Gasteiger partial charge is 0.329 e. The lowest BCUT2D eigenvalue weighted by Gasteiger charge is -2.36. The third kappa shape index (κ3) is 2.05. The van der Waals surface area contributed by atoms with Crippen molar-refractivity contribution in [1.29, 1.82) is 0 Å². The first-order chi connectivity index (χ1) is 9.09. The van der Waals surface area contributed by atoms with E-state index in [9.17, 15) is 9.59 Å². The molecule has 1 aromatic rings. The fourth-order valence-electron chi connectivity index (χ4n) is 2.71. The van der Waals surface area contributed by atoms with Crippen LogP contribution in [0.3, 0.4) is 0 Å². The predicted octanol–water partition coefficient (Wildman–Crippen LogP) is 2.44. The van der Waals surface area contributed by atoms with Crippen LogP contribution in [0.25, 0.3) is 0 Å². The number of anilines is 1. The van der Waals surface area contributed by atoms with E-state index in [-0.39, 0.29) is 24.4 Å². The summed E-state index contributed by atoms with van der Waals surface area (Å²) in [6.45, 7) is 0.786. The van der Waals surface area contributed by atoms with Crippen molar-refractivity contribution in [1.82, 2.24) is 4.90 Å². The van der Waals surface area contributed by atoms with E-state index < -0.39 is 0 Å². The Bertz CT molecular complexity index is 564. The van der Waals surface area contributed by atoms with Gasteiger partial charge in [-0.1, -0.05) is 17.7 Å². The SMILES string of the molecule is O=C1C2CCCN2C(=O)CN1c1cccc(Cl)c1Br. The number of rotatable bonds is 1. The van der Waals surface area contributed by atoms with Gasteiger partial charge in [0.2, 0.25) is 11.8 Å². The molecule has 0 saturated carbocycles. The number of carbonyl (C=O) groups is 2. The van der Waals surface area contributed by atoms with Crippen LogP contribution in [0.2, 0.25) is 5.02 Å². The Morgan fingerprint density at radius 3 is 2.89 bits per heavy atom. The first-order valence-corrected chi connectivity index (χ1v) is 7.31. The molecule has 0 aromatic heterocycles. The van der Waals surface area contributed by atoms with Gasteiger partial charge in [-0.15, -0.1) is 0 Å². The Balaban J connectivity index is 1.99. The molecule has 6 heteroatoms. The average Bonchev–Trinajstić information content (AvgIpc) is 2.87. The maximum absolute atomic E-state index is 12.5. The van der Waals surface area contributed by atoms with Gasteiger partial charge in [-0.05, 0) is 40.9 Å². The van der Waals surface area contributed by atoms with Gasteiger partial charge in [0.1, 0.15) is 12.6 Å². The van der Waals surface area contributed by atoms with Crippen molar-refractivity contribution in [2.75, 3.05) is 18.0 Å². The van der Waals surface area contributed by atoms with Gasteiger partial charge >= 0.3 is 0 Å². The van der Waals surface area contributed by atoms with Crippen LogP contribution in [0.5, 0.6) is 0 Å². The number of halogens is 2. The molecule has 0 bridgehead atoms. The summed E-state index contributed by atoms with van der Waals surface area (Å²) in [4.78, 5) is 27.8. The van der Waals surface area contributed by atoms with Crippen molar-refractivity contribution < 1.29 is 9.59 Å². The van der Waals surface area contributed by atoms with Crippen LogP contribution in [-0.4, -0.2) is 35.8 Å². The fourth-order valence-corrected chi connectivity index (χ4v) is 3.36. The highest BCUT2D eigenvalue weighted by Crippen LogP contribution is 2.35. The van der Waals surface area contributed by atoms with Crippen LogP contribution in [0, 0.1) is 0 Å². The summed E-state index contributed by atoms with van der Waals surface area (Å²) in [5, 5.41) is 0.534. The number of benzene rings is 1. The third-order valence-corrected chi connectivity index (χ3v) is 5.02. The third-order valence-electron chi connectivity index (χ3n) is 3.64. The Hall–Kier alpha value is -1.07. The van der Waals surface area contributed by atoms with E-state index >= 15 is 0 Å². The number of nitrogens with zero attached hydrogens (tertiary/aromatic N) is 2. The fraction of sp³-hybridized carbons (Fsp3) is 0.385. The molecule has 2 fully saturated rings. The molecule has 2 heterocycles. The lowest BCUT2D eigenvalue weighted by Crippen LogP contribution is -2.57. The standard InChI is InChI=1S/C13H12BrClN2O2/c14-12-8(15)3-1-4-9(12)17-7-11(18)16-6-2-5-10(16)13(17)19/h1,3-4,10H,2,5-7H2. The van der Waals surface area contributed by atoms with Gasteiger partial charge in [0.05, 0.1) is 15.2 Å². The van der Waals surface area contributed by atoms with Gasteiger partial charge < -0.3 is 9.80 Å². The second kappa shape index (κ2) is 4.80. The molecule has 4 nitrogen and oxygen atoms in total. The van der Waals surface area contributed by atoms with Crippen LogP contribution in [-0.2, 0) is 9.59 Å². The van der Waals surface area contributed by atoms with E-state index in [1.54, 1.807) is 23.1 Å². The predicted molar refractivity (Wildman–Crippen MR) is 76.2 cm³/mol. The van der Waals surface area contributed by atoms with E-state index in [4.69, 9.17) is 11.6 Å². The number of piperazine rings is 1. The monoisotopic (exact) mass is 342 g/mol. The summed E-state index contributed by atoms with van der Waals surface area (Å²) < 4.78 is 0.657. The maximum Gasteiger partial charge on any atom is 0.250 e. The van der Waals surface area contributed by atoms with Gasteiger partial charge in [0, 0.05) is 6.54 Å². The number of fused-ring (bicyclic) bond motifs is 1. The van der Waals surface area contributed by atoms with E-state index in [2.05, 4.69) is 15.9 Å². The first kappa shape index (κ1) is 12.9. The maximum atomic E-state index is 12.5. The molecule has 2 amide bonds. The second-order valence-corrected chi connectivity index (χ2v) is 5.94. The molecule has 100 valence electrons. The average molecular weight is 344 g/mol. The zero-order chi connectivity index (χ0) is 13.6. The number of hydrogen-bond acceptors (Lipinski definition) is 2. The van der Waals surface area contributed by atoms with Crippen molar-refractivity contribution in [2.45, 2.75) is 18.9 Å². The minimum Gasteiger partial charge on any atom is -0.329 e. The second-order valence-electron chi connectivity index (χ2n) is 4.74. The molecule has 0 radical (unpaired) electrons. The topological polar surface area (TPSA) is 40.6 Å². The van der Waals surface area contributed by atoms with Crippen molar-refractivity contribution in [3.05, 3.63) is 27.7 Å². The summed E-state index contributed by atoms with van der Waals surface area (Å²) in [5.41, 5.74) is 0.664. The van der Waals surface area contributed by atoms with Gasteiger partial charge in [0.15, 0.2) is 0 Å². The zero-order valence-electron chi connectivity index (χ0n) is 10.1. The Labute approximate surface area is 124 Å². The number of amides is 2. The van der Waals surface area contributed by atoms with E-state index in [1.807, 2.05) is 0 Å². The smallest absolute Gasteiger partial charge is 0.250 e. The van der Waals surface area contributed by atoms with E-state index in [0.717, 1.165) is 12.8 Å². The quantitative estimate of drug-likeness (QED) is 0.786. The summed E-state index contributed by atoms with van der Waals surface area (Å²) in [6, 6.07) is 5.02. The molecule has 0 spiro atoms. The van der Waals surface area contributed by atoms with E-state index in [1.165, 1.54) is 4.90 Å². The highest BCUT2D eigenvalue weighted by molar-refractivity contribution is 9.10. The zero-order valence-corrected chi connectivity index (χ0v) is 12.4. The van der Waals surface area contributed by atoms with Gasteiger partial charge in [0.25, 0.3) is 0 Å². The molecule has 0 aliphatic carbocycles. The van der Waals surface area contributed by atoms with Gasteiger partial charge in [-0.3, -0.25) is 9.59 Å². The van der Waals surface area contributed by atoms with Crippen LogP contribution in [0.4, 0.5) is 5.69 Å². The Morgan fingerprint density at radius 2 is 2.11 bits per heavy atom. The number of hydrogen-bond donors (Lipinski definition) is 0.